The van der Waals surface area contributed by atoms with Gasteiger partial charge in [-0.2, -0.15) is 0 Å². The van der Waals surface area contributed by atoms with E-state index < -0.39 is 0 Å². The van der Waals surface area contributed by atoms with E-state index in [0.29, 0.717) is 10.0 Å². The number of hydrogen-bond donors (Lipinski definition) is 2. The number of hydrogen-bond acceptors (Lipinski definition) is 2. The summed E-state index contributed by atoms with van der Waals surface area (Å²) in [7, 11) is 0. The van der Waals surface area contributed by atoms with Gasteiger partial charge in [-0.15, -0.1) is 0 Å². The molecule has 1 aliphatic heterocycles. The zero-order valence-corrected chi connectivity index (χ0v) is 10.2. The summed E-state index contributed by atoms with van der Waals surface area (Å²) in [6.45, 7) is 1.73. The van der Waals surface area contributed by atoms with Gasteiger partial charge in [-0.1, -0.05) is 0 Å². The number of rotatable bonds is 2. The van der Waals surface area contributed by atoms with Gasteiger partial charge in [0.1, 0.15) is 5.82 Å². The molecule has 2 N–H and O–H groups in total. The summed E-state index contributed by atoms with van der Waals surface area (Å²) in [4.78, 5) is 11.8. The zero-order chi connectivity index (χ0) is 11.5. The summed E-state index contributed by atoms with van der Waals surface area (Å²) in [6.07, 6.45) is 0.939. The van der Waals surface area contributed by atoms with E-state index in [2.05, 4.69) is 26.6 Å². The predicted octanol–water partition coefficient (Wildman–Crippen LogP) is 1.68. The van der Waals surface area contributed by atoms with Gasteiger partial charge in [0, 0.05) is 18.2 Å². The number of nitrogens with one attached hydrogen (secondary N) is 2. The quantitative estimate of drug-likeness (QED) is 0.869. The fourth-order valence-corrected chi connectivity index (χ4v) is 2.06. The minimum absolute atomic E-state index is 0.158. The Morgan fingerprint density at radius 3 is 3.00 bits per heavy atom. The molecule has 0 aromatic heterocycles. The van der Waals surface area contributed by atoms with E-state index in [9.17, 15) is 9.18 Å². The van der Waals surface area contributed by atoms with E-state index in [1.54, 1.807) is 0 Å². The Hall–Kier alpha value is -0.940. The lowest BCUT2D eigenvalue weighted by atomic mass is 10.2. The van der Waals surface area contributed by atoms with Gasteiger partial charge in [0.2, 0.25) is 0 Å². The Labute approximate surface area is 102 Å². The van der Waals surface area contributed by atoms with Gasteiger partial charge in [0.25, 0.3) is 5.91 Å². The van der Waals surface area contributed by atoms with Crippen molar-refractivity contribution >= 4 is 21.8 Å². The molecule has 1 aromatic rings. The minimum Gasteiger partial charge on any atom is -0.348 e. The van der Waals surface area contributed by atoms with Crippen molar-refractivity contribution in [3.8, 4) is 0 Å². The molecular formula is C11H12BrFN2O. The molecule has 1 unspecified atom stereocenters. The molecule has 1 atom stereocenters. The highest BCUT2D eigenvalue weighted by Crippen LogP contribution is 2.17. The van der Waals surface area contributed by atoms with Crippen molar-refractivity contribution < 1.29 is 9.18 Å². The molecule has 1 heterocycles. The number of carbonyl (C=O) groups is 1. The van der Waals surface area contributed by atoms with Crippen LogP contribution in [0.2, 0.25) is 0 Å². The molecule has 1 saturated heterocycles. The topological polar surface area (TPSA) is 41.1 Å². The largest absolute Gasteiger partial charge is 0.348 e. The van der Waals surface area contributed by atoms with Crippen molar-refractivity contribution in [2.24, 2.45) is 0 Å². The lowest BCUT2D eigenvalue weighted by Gasteiger charge is -2.11. The smallest absolute Gasteiger partial charge is 0.251 e. The summed E-state index contributed by atoms with van der Waals surface area (Å²) in [5, 5.41) is 6.06. The third-order valence-corrected chi connectivity index (χ3v) is 3.19. The van der Waals surface area contributed by atoms with Crippen LogP contribution in [0.4, 0.5) is 4.39 Å². The van der Waals surface area contributed by atoms with E-state index in [-0.39, 0.29) is 17.8 Å². The first-order chi connectivity index (χ1) is 7.66. The first-order valence-electron chi connectivity index (χ1n) is 5.13. The second-order valence-corrected chi connectivity index (χ2v) is 4.65. The van der Waals surface area contributed by atoms with Crippen LogP contribution in [0.3, 0.4) is 0 Å². The van der Waals surface area contributed by atoms with E-state index in [4.69, 9.17) is 0 Å². The molecule has 2 rings (SSSR count). The summed E-state index contributed by atoms with van der Waals surface area (Å²) in [6, 6.07) is 4.44. The van der Waals surface area contributed by atoms with Crippen LogP contribution in [0, 0.1) is 5.82 Å². The van der Waals surface area contributed by atoms with E-state index in [1.165, 1.54) is 18.2 Å². The fraction of sp³-hybridized carbons (Fsp3) is 0.364. The van der Waals surface area contributed by atoms with E-state index in [1.807, 2.05) is 0 Å². The van der Waals surface area contributed by atoms with Crippen molar-refractivity contribution in [2.75, 3.05) is 13.1 Å². The summed E-state index contributed by atoms with van der Waals surface area (Å²) >= 11 is 3.06. The van der Waals surface area contributed by atoms with Crippen molar-refractivity contribution in [1.82, 2.24) is 10.6 Å². The van der Waals surface area contributed by atoms with Gasteiger partial charge >= 0.3 is 0 Å². The van der Waals surface area contributed by atoms with Gasteiger partial charge in [-0.25, -0.2) is 4.39 Å². The molecule has 1 aromatic carbocycles. The van der Waals surface area contributed by atoms with Gasteiger partial charge in [0.15, 0.2) is 0 Å². The Balaban J connectivity index is 2.05. The summed E-state index contributed by atoms with van der Waals surface area (Å²) in [5.41, 5.74) is 0.472. The Morgan fingerprint density at radius 1 is 1.56 bits per heavy atom. The molecule has 86 valence electrons. The standard InChI is InChI=1S/C11H12BrFN2O/c12-9-5-7(1-2-10(9)13)11(16)15-8-3-4-14-6-8/h1-2,5,8,14H,3-4,6H2,(H,15,16). The molecule has 5 heteroatoms. The molecule has 0 saturated carbocycles. The third-order valence-electron chi connectivity index (χ3n) is 2.58. The van der Waals surface area contributed by atoms with Gasteiger partial charge < -0.3 is 10.6 Å². The second kappa shape index (κ2) is 4.93. The maximum Gasteiger partial charge on any atom is 0.251 e. The van der Waals surface area contributed by atoms with Crippen LogP contribution in [0.1, 0.15) is 16.8 Å². The van der Waals surface area contributed by atoms with Crippen LogP contribution in [0.15, 0.2) is 22.7 Å². The number of amides is 1. The fourth-order valence-electron chi connectivity index (χ4n) is 1.68. The molecule has 0 spiro atoms. The van der Waals surface area contributed by atoms with Crippen LogP contribution in [-0.2, 0) is 0 Å². The van der Waals surface area contributed by atoms with Crippen LogP contribution < -0.4 is 10.6 Å². The Bertz CT molecular complexity index is 405. The lowest BCUT2D eigenvalue weighted by molar-refractivity contribution is 0.0940. The summed E-state index contributed by atoms with van der Waals surface area (Å²) < 4.78 is 13.3. The van der Waals surface area contributed by atoms with Gasteiger partial charge in [-0.05, 0) is 47.1 Å². The van der Waals surface area contributed by atoms with Gasteiger partial charge in [0.05, 0.1) is 4.47 Å². The SMILES string of the molecule is O=C(NC1CCNC1)c1ccc(F)c(Br)c1. The van der Waals surface area contributed by atoms with Crippen LogP contribution in [0.5, 0.6) is 0 Å². The van der Waals surface area contributed by atoms with E-state index >= 15 is 0 Å². The third kappa shape index (κ3) is 2.59. The summed E-state index contributed by atoms with van der Waals surface area (Å²) in [5.74, 6) is -0.520. The molecule has 16 heavy (non-hydrogen) atoms. The molecule has 1 fully saturated rings. The normalized spacial score (nSPS) is 19.8. The van der Waals surface area contributed by atoms with Crippen molar-refractivity contribution in [2.45, 2.75) is 12.5 Å². The van der Waals surface area contributed by atoms with Crippen molar-refractivity contribution in [3.63, 3.8) is 0 Å². The highest BCUT2D eigenvalue weighted by molar-refractivity contribution is 9.10. The molecule has 3 nitrogen and oxygen atoms in total. The molecular weight excluding hydrogens is 275 g/mol. The van der Waals surface area contributed by atoms with Crippen molar-refractivity contribution in [1.29, 1.82) is 0 Å². The molecule has 0 radical (unpaired) electrons. The first-order valence-corrected chi connectivity index (χ1v) is 5.93. The average molecular weight is 287 g/mol. The Kier molecular flexibility index (Phi) is 3.56. The van der Waals surface area contributed by atoms with Crippen LogP contribution in [-0.4, -0.2) is 25.0 Å². The maximum absolute atomic E-state index is 13.0. The monoisotopic (exact) mass is 286 g/mol. The maximum atomic E-state index is 13.0. The number of carbonyl (C=O) groups excluding carboxylic acids is 1. The van der Waals surface area contributed by atoms with Crippen LogP contribution >= 0.6 is 15.9 Å². The minimum atomic E-state index is -0.362. The molecule has 0 bridgehead atoms. The number of halogens is 2. The Morgan fingerprint density at radius 2 is 2.38 bits per heavy atom. The van der Waals surface area contributed by atoms with E-state index in [0.717, 1.165) is 19.5 Å². The second-order valence-electron chi connectivity index (χ2n) is 3.79. The molecule has 1 amide bonds. The highest BCUT2D eigenvalue weighted by Gasteiger charge is 2.17. The zero-order valence-electron chi connectivity index (χ0n) is 8.59. The molecule has 1 aliphatic rings. The van der Waals surface area contributed by atoms with Gasteiger partial charge in [-0.3, -0.25) is 4.79 Å². The molecule has 0 aliphatic carbocycles. The number of benzene rings is 1. The lowest BCUT2D eigenvalue weighted by Crippen LogP contribution is -2.36. The average Bonchev–Trinajstić information content (AvgIpc) is 2.74. The van der Waals surface area contributed by atoms with Crippen LogP contribution in [0.25, 0.3) is 0 Å². The first kappa shape index (κ1) is 11.5. The predicted molar refractivity (Wildman–Crippen MR) is 62.8 cm³/mol. The van der Waals surface area contributed by atoms with Crippen molar-refractivity contribution in [3.05, 3.63) is 34.1 Å². The highest BCUT2D eigenvalue weighted by atomic mass is 79.9.